The van der Waals surface area contributed by atoms with E-state index in [0.29, 0.717) is 25.0 Å². The number of ether oxygens (including phenoxy) is 1. The topological polar surface area (TPSA) is 78.9 Å². The summed E-state index contributed by atoms with van der Waals surface area (Å²) >= 11 is 0. The third-order valence-corrected chi connectivity index (χ3v) is 4.60. The maximum atomic E-state index is 12.3. The summed E-state index contributed by atoms with van der Waals surface area (Å²) in [5, 5.41) is 12.1. The Balaban J connectivity index is 1.91. The van der Waals surface area contributed by atoms with Crippen LogP contribution >= 0.6 is 0 Å². The Labute approximate surface area is 119 Å². The number of carbonyl (C=O) groups is 2. The van der Waals surface area contributed by atoms with E-state index in [1.165, 1.54) is 4.90 Å². The number of aliphatic carboxylic acids is 1. The highest BCUT2D eigenvalue weighted by Crippen LogP contribution is 2.29. The maximum absolute atomic E-state index is 12.3. The van der Waals surface area contributed by atoms with Gasteiger partial charge in [-0.05, 0) is 31.1 Å². The first-order valence-electron chi connectivity index (χ1n) is 7.36. The van der Waals surface area contributed by atoms with E-state index in [1.54, 1.807) is 0 Å². The van der Waals surface area contributed by atoms with E-state index in [4.69, 9.17) is 9.84 Å². The Hall–Kier alpha value is -1.30. The molecule has 0 spiro atoms. The summed E-state index contributed by atoms with van der Waals surface area (Å²) in [6.45, 7) is 5.25. The summed E-state index contributed by atoms with van der Waals surface area (Å²) in [6, 6.07) is -0.984. The number of carboxylic acid groups (broad SMARTS) is 1. The molecule has 0 aromatic carbocycles. The standard InChI is InChI=1S/C14H24N2O4/c1-9-3-4-11(7-10(9)2)15-14(19)16-5-6-20-8-12(16)13(17)18/h9-12H,3-8H2,1-2H3,(H,15,19)(H,17,18). The fourth-order valence-electron chi connectivity index (χ4n) is 2.99. The van der Waals surface area contributed by atoms with E-state index in [-0.39, 0.29) is 18.7 Å². The molecule has 6 heteroatoms. The average molecular weight is 284 g/mol. The van der Waals surface area contributed by atoms with Crippen LogP contribution in [0.15, 0.2) is 0 Å². The molecule has 2 aliphatic rings. The maximum Gasteiger partial charge on any atom is 0.328 e. The number of nitrogens with zero attached hydrogens (tertiary/aromatic N) is 1. The number of carboxylic acids is 1. The van der Waals surface area contributed by atoms with Crippen LogP contribution in [0.4, 0.5) is 4.79 Å². The SMILES string of the molecule is CC1CCC(NC(=O)N2CCOCC2C(=O)O)CC1C. The Morgan fingerprint density at radius 3 is 2.65 bits per heavy atom. The van der Waals surface area contributed by atoms with Gasteiger partial charge in [0.25, 0.3) is 0 Å². The number of hydrogen-bond acceptors (Lipinski definition) is 3. The summed E-state index contributed by atoms with van der Waals surface area (Å²) in [6.07, 6.45) is 3.05. The van der Waals surface area contributed by atoms with Crippen molar-refractivity contribution >= 4 is 12.0 Å². The Morgan fingerprint density at radius 1 is 1.25 bits per heavy atom. The van der Waals surface area contributed by atoms with Gasteiger partial charge in [0.2, 0.25) is 0 Å². The van der Waals surface area contributed by atoms with Gasteiger partial charge in [-0.2, -0.15) is 0 Å². The Bertz CT molecular complexity index is 374. The lowest BCUT2D eigenvalue weighted by Crippen LogP contribution is -2.57. The quantitative estimate of drug-likeness (QED) is 0.801. The molecule has 6 nitrogen and oxygen atoms in total. The van der Waals surface area contributed by atoms with Gasteiger partial charge in [0.15, 0.2) is 6.04 Å². The van der Waals surface area contributed by atoms with Crippen LogP contribution in [-0.4, -0.2) is 53.8 Å². The summed E-state index contributed by atoms with van der Waals surface area (Å²) in [7, 11) is 0. The number of amides is 2. The second kappa shape index (κ2) is 6.43. The number of nitrogens with one attached hydrogen (secondary N) is 1. The molecule has 2 N–H and O–H groups in total. The van der Waals surface area contributed by atoms with Gasteiger partial charge < -0.3 is 20.1 Å². The number of hydrogen-bond donors (Lipinski definition) is 2. The minimum atomic E-state index is -1.01. The predicted octanol–water partition coefficient (Wildman–Crippen LogP) is 1.31. The fourth-order valence-corrected chi connectivity index (χ4v) is 2.99. The van der Waals surface area contributed by atoms with Crippen molar-refractivity contribution in [3.63, 3.8) is 0 Å². The number of urea groups is 1. The van der Waals surface area contributed by atoms with Crippen molar-refractivity contribution in [2.75, 3.05) is 19.8 Å². The van der Waals surface area contributed by atoms with Crippen molar-refractivity contribution in [2.24, 2.45) is 11.8 Å². The van der Waals surface area contributed by atoms with Gasteiger partial charge in [0, 0.05) is 12.6 Å². The van der Waals surface area contributed by atoms with Crippen LogP contribution in [0, 0.1) is 11.8 Å². The van der Waals surface area contributed by atoms with Crippen molar-refractivity contribution in [3.8, 4) is 0 Å². The first-order valence-corrected chi connectivity index (χ1v) is 7.36. The van der Waals surface area contributed by atoms with E-state index < -0.39 is 12.0 Å². The van der Waals surface area contributed by atoms with Gasteiger partial charge in [-0.3, -0.25) is 0 Å². The lowest BCUT2D eigenvalue weighted by atomic mass is 9.79. The largest absolute Gasteiger partial charge is 0.480 e. The highest BCUT2D eigenvalue weighted by molar-refractivity contribution is 5.83. The second-order valence-corrected chi connectivity index (χ2v) is 6.04. The van der Waals surface area contributed by atoms with Gasteiger partial charge in [0.05, 0.1) is 13.2 Å². The van der Waals surface area contributed by atoms with Crippen LogP contribution in [0.2, 0.25) is 0 Å². The summed E-state index contributed by atoms with van der Waals surface area (Å²) in [5.41, 5.74) is 0. The molecule has 0 radical (unpaired) electrons. The van der Waals surface area contributed by atoms with Crippen LogP contribution in [-0.2, 0) is 9.53 Å². The smallest absolute Gasteiger partial charge is 0.328 e. The lowest BCUT2D eigenvalue weighted by molar-refractivity contribution is -0.147. The number of rotatable bonds is 2. The summed E-state index contributed by atoms with van der Waals surface area (Å²) in [5.74, 6) is 0.276. The van der Waals surface area contributed by atoms with Crippen molar-refractivity contribution in [2.45, 2.75) is 45.2 Å². The molecule has 0 aromatic heterocycles. The molecule has 1 aliphatic heterocycles. The van der Waals surface area contributed by atoms with E-state index in [0.717, 1.165) is 19.3 Å². The third-order valence-electron chi connectivity index (χ3n) is 4.60. The lowest BCUT2D eigenvalue weighted by Gasteiger charge is -2.37. The molecule has 2 fully saturated rings. The molecule has 2 rings (SSSR count). The van der Waals surface area contributed by atoms with Gasteiger partial charge in [-0.15, -0.1) is 0 Å². The number of carbonyl (C=O) groups excluding carboxylic acids is 1. The molecular formula is C14H24N2O4. The monoisotopic (exact) mass is 284 g/mol. The van der Waals surface area contributed by atoms with Gasteiger partial charge in [0.1, 0.15) is 0 Å². The first kappa shape index (κ1) is 15.1. The van der Waals surface area contributed by atoms with Crippen molar-refractivity contribution in [1.29, 1.82) is 0 Å². The molecule has 20 heavy (non-hydrogen) atoms. The van der Waals surface area contributed by atoms with Crippen LogP contribution in [0.3, 0.4) is 0 Å². The minimum Gasteiger partial charge on any atom is -0.480 e. The Kier molecular flexibility index (Phi) is 4.86. The zero-order chi connectivity index (χ0) is 14.7. The molecule has 1 heterocycles. The average Bonchev–Trinajstić information content (AvgIpc) is 2.43. The van der Waals surface area contributed by atoms with Crippen LogP contribution < -0.4 is 5.32 Å². The first-order chi connectivity index (χ1) is 9.49. The van der Waals surface area contributed by atoms with E-state index in [1.807, 2.05) is 0 Å². The van der Waals surface area contributed by atoms with Crippen molar-refractivity contribution < 1.29 is 19.4 Å². The molecule has 0 bridgehead atoms. The normalized spacial score (nSPS) is 34.6. The minimum absolute atomic E-state index is 0.0703. The van der Waals surface area contributed by atoms with E-state index in [2.05, 4.69) is 19.2 Å². The molecule has 1 saturated heterocycles. The highest BCUT2D eigenvalue weighted by Gasteiger charge is 2.34. The van der Waals surface area contributed by atoms with Crippen molar-refractivity contribution in [1.82, 2.24) is 10.2 Å². The van der Waals surface area contributed by atoms with E-state index >= 15 is 0 Å². The van der Waals surface area contributed by atoms with Crippen LogP contribution in [0.5, 0.6) is 0 Å². The van der Waals surface area contributed by atoms with Gasteiger partial charge >= 0.3 is 12.0 Å². The van der Waals surface area contributed by atoms with Gasteiger partial charge in [-0.1, -0.05) is 13.8 Å². The predicted molar refractivity (Wildman–Crippen MR) is 73.4 cm³/mol. The zero-order valence-corrected chi connectivity index (χ0v) is 12.2. The second-order valence-electron chi connectivity index (χ2n) is 6.04. The van der Waals surface area contributed by atoms with Crippen LogP contribution in [0.1, 0.15) is 33.1 Å². The highest BCUT2D eigenvalue weighted by atomic mass is 16.5. The van der Waals surface area contributed by atoms with Crippen molar-refractivity contribution in [3.05, 3.63) is 0 Å². The summed E-state index contributed by atoms with van der Waals surface area (Å²) in [4.78, 5) is 24.8. The van der Waals surface area contributed by atoms with Gasteiger partial charge in [-0.25, -0.2) is 9.59 Å². The third kappa shape index (κ3) is 3.42. The molecule has 0 aromatic rings. The zero-order valence-electron chi connectivity index (χ0n) is 12.2. The number of morpholine rings is 1. The summed E-state index contributed by atoms with van der Waals surface area (Å²) < 4.78 is 5.14. The fraction of sp³-hybridized carbons (Fsp3) is 0.857. The molecule has 1 aliphatic carbocycles. The van der Waals surface area contributed by atoms with E-state index in [9.17, 15) is 9.59 Å². The molecular weight excluding hydrogens is 260 g/mol. The molecule has 1 saturated carbocycles. The van der Waals surface area contributed by atoms with Crippen LogP contribution in [0.25, 0.3) is 0 Å². The molecule has 114 valence electrons. The molecule has 2 amide bonds. The Morgan fingerprint density at radius 2 is 2.00 bits per heavy atom. The molecule has 4 atom stereocenters. The molecule has 4 unspecified atom stereocenters.